The molecule has 9 heteroatoms. The van der Waals surface area contributed by atoms with Crippen LogP contribution in [0.5, 0.6) is 0 Å². The van der Waals surface area contributed by atoms with Gasteiger partial charge in [-0.2, -0.15) is 13.2 Å². The molecule has 0 fully saturated rings. The Morgan fingerprint density at radius 1 is 1.08 bits per heavy atom. The third kappa shape index (κ3) is 3.40. The zero-order valence-corrected chi connectivity index (χ0v) is 12.0. The maximum atomic E-state index is 12.5. The maximum absolute atomic E-state index is 12.5. The molecule has 0 saturated heterocycles. The van der Waals surface area contributed by atoms with E-state index in [9.17, 15) is 18.0 Å². The minimum absolute atomic E-state index is 0.0988. The van der Waals surface area contributed by atoms with Crippen LogP contribution in [0.2, 0.25) is 0 Å². The number of anilines is 1. The number of alkyl halides is 3. The number of aromatic nitrogens is 4. The molecule has 0 unspecified atom stereocenters. The Kier molecular flexibility index (Phi) is 3.98. The Balaban J connectivity index is 1.70. The van der Waals surface area contributed by atoms with Crippen LogP contribution in [0.15, 0.2) is 55.4 Å². The van der Waals surface area contributed by atoms with E-state index in [0.717, 1.165) is 24.3 Å². The second-order valence-electron chi connectivity index (χ2n) is 4.77. The van der Waals surface area contributed by atoms with E-state index in [1.165, 1.54) is 18.7 Å². The molecule has 122 valence electrons. The zero-order chi connectivity index (χ0) is 17.2. The fraction of sp³-hybridized carbons (Fsp3) is 0.0667. The minimum Gasteiger partial charge on any atom is -0.319 e. The Bertz CT molecular complexity index is 827. The normalized spacial score (nSPS) is 11.3. The third-order valence-electron chi connectivity index (χ3n) is 3.11. The van der Waals surface area contributed by atoms with Crippen LogP contribution in [0.25, 0.3) is 5.95 Å². The molecule has 0 saturated carbocycles. The molecule has 1 aromatic carbocycles. The van der Waals surface area contributed by atoms with Crippen LogP contribution in [0.3, 0.4) is 0 Å². The summed E-state index contributed by atoms with van der Waals surface area (Å²) in [6.07, 6.45) is 3.11. The molecule has 0 spiro atoms. The van der Waals surface area contributed by atoms with Gasteiger partial charge in [-0.1, -0.05) is 0 Å². The van der Waals surface area contributed by atoms with Gasteiger partial charge in [-0.15, -0.1) is 0 Å². The van der Waals surface area contributed by atoms with Gasteiger partial charge in [-0.25, -0.2) is 15.0 Å². The van der Waals surface area contributed by atoms with Gasteiger partial charge in [0.25, 0.3) is 5.91 Å². The van der Waals surface area contributed by atoms with Gasteiger partial charge in [0, 0.05) is 18.0 Å². The molecule has 2 aromatic heterocycles. The molecule has 3 aromatic rings. The summed E-state index contributed by atoms with van der Waals surface area (Å²) in [6, 6.07) is 3.93. The lowest BCUT2D eigenvalue weighted by Crippen LogP contribution is -2.13. The van der Waals surface area contributed by atoms with Crippen LogP contribution in [0.1, 0.15) is 15.9 Å². The molecule has 0 aliphatic heterocycles. The number of amides is 1. The standard InChI is InChI=1S/C15H10F3N5O/c16-15(17,18)11-3-1-10(2-4-11)13(24)22-12-7-20-14(21-8-12)23-6-5-19-9-23/h1-9H,(H,22,24). The number of halogens is 3. The average Bonchev–Trinajstić information content (AvgIpc) is 3.09. The van der Waals surface area contributed by atoms with Crippen molar-refractivity contribution >= 4 is 11.6 Å². The molecule has 3 rings (SSSR count). The van der Waals surface area contributed by atoms with E-state index in [2.05, 4.69) is 20.3 Å². The first-order chi connectivity index (χ1) is 11.4. The van der Waals surface area contributed by atoms with E-state index in [-0.39, 0.29) is 5.56 Å². The Morgan fingerprint density at radius 3 is 2.29 bits per heavy atom. The predicted molar refractivity (Wildman–Crippen MR) is 78.6 cm³/mol. The summed E-state index contributed by atoms with van der Waals surface area (Å²) in [6.45, 7) is 0. The van der Waals surface area contributed by atoms with Gasteiger partial charge in [0.2, 0.25) is 5.95 Å². The van der Waals surface area contributed by atoms with Crippen molar-refractivity contribution in [2.45, 2.75) is 6.18 Å². The van der Waals surface area contributed by atoms with Crippen LogP contribution in [-0.2, 0) is 6.18 Å². The highest BCUT2D eigenvalue weighted by molar-refractivity contribution is 6.04. The molecule has 0 aliphatic rings. The van der Waals surface area contributed by atoms with Gasteiger partial charge in [-0.3, -0.25) is 9.36 Å². The van der Waals surface area contributed by atoms with Gasteiger partial charge in [-0.05, 0) is 24.3 Å². The summed E-state index contributed by atoms with van der Waals surface area (Å²) in [5, 5.41) is 2.52. The summed E-state index contributed by atoms with van der Waals surface area (Å²) in [4.78, 5) is 24.0. The number of imidazole rings is 1. The summed E-state index contributed by atoms with van der Waals surface area (Å²) in [5.41, 5.74) is -0.391. The number of benzene rings is 1. The number of hydrogen-bond acceptors (Lipinski definition) is 4. The smallest absolute Gasteiger partial charge is 0.319 e. The summed E-state index contributed by atoms with van der Waals surface area (Å²) < 4.78 is 39.1. The van der Waals surface area contributed by atoms with E-state index >= 15 is 0 Å². The summed E-state index contributed by atoms with van der Waals surface area (Å²) in [5.74, 6) is -0.178. The van der Waals surface area contributed by atoms with Crippen molar-refractivity contribution in [3.8, 4) is 5.95 Å². The largest absolute Gasteiger partial charge is 0.416 e. The van der Waals surface area contributed by atoms with Crippen molar-refractivity contribution in [2.75, 3.05) is 5.32 Å². The number of nitrogens with one attached hydrogen (secondary N) is 1. The highest BCUT2D eigenvalue weighted by Crippen LogP contribution is 2.29. The van der Waals surface area contributed by atoms with Crippen molar-refractivity contribution in [3.05, 3.63) is 66.5 Å². The van der Waals surface area contributed by atoms with Crippen molar-refractivity contribution in [2.24, 2.45) is 0 Å². The number of rotatable bonds is 3. The first-order valence-electron chi connectivity index (χ1n) is 6.72. The fourth-order valence-electron chi connectivity index (χ4n) is 1.91. The molecule has 24 heavy (non-hydrogen) atoms. The lowest BCUT2D eigenvalue weighted by molar-refractivity contribution is -0.137. The minimum atomic E-state index is -4.44. The zero-order valence-electron chi connectivity index (χ0n) is 12.0. The van der Waals surface area contributed by atoms with Gasteiger partial charge < -0.3 is 5.32 Å². The number of carbonyl (C=O) groups excluding carboxylic acids is 1. The Hall–Kier alpha value is -3.23. The topological polar surface area (TPSA) is 72.7 Å². The predicted octanol–water partition coefficient (Wildman–Crippen LogP) is 2.93. The molecule has 2 heterocycles. The van der Waals surface area contributed by atoms with Crippen molar-refractivity contribution < 1.29 is 18.0 Å². The molecular formula is C15H10F3N5O. The van der Waals surface area contributed by atoms with Gasteiger partial charge in [0.05, 0.1) is 23.6 Å². The van der Waals surface area contributed by atoms with Crippen molar-refractivity contribution in [1.29, 1.82) is 0 Å². The van der Waals surface area contributed by atoms with Crippen molar-refractivity contribution in [3.63, 3.8) is 0 Å². The molecule has 6 nitrogen and oxygen atoms in total. The number of hydrogen-bond donors (Lipinski definition) is 1. The lowest BCUT2D eigenvalue weighted by Gasteiger charge is -2.08. The summed E-state index contributed by atoms with van der Waals surface area (Å²) in [7, 11) is 0. The molecular weight excluding hydrogens is 323 g/mol. The van der Waals surface area contributed by atoms with E-state index in [1.807, 2.05) is 0 Å². The SMILES string of the molecule is O=C(Nc1cnc(-n2ccnc2)nc1)c1ccc(C(F)(F)F)cc1. The van der Waals surface area contributed by atoms with Crippen molar-refractivity contribution in [1.82, 2.24) is 19.5 Å². The Morgan fingerprint density at radius 2 is 1.75 bits per heavy atom. The third-order valence-corrected chi connectivity index (χ3v) is 3.11. The quantitative estimate of drug-likeness (QED) is 0.800. The second-order valence-corrected chi connectivity index (χ2v) is 4.77. The van der Waals surface area contributed by atoms with E-state index < -0.39 is 17.6 Å². The highest BCUT2D eigenvalue weighted by Gasteiger charge is 2.30. The molecule has 0 bridgehead atoms. The highest BCUT2D eigenvalue weighted by atomic mass is 19.4. The second kappa shape index (κ2) is 6.11. The lowest BCUT2D eigenvalue weighted by atomic mass is 10.1. The van der Waals surface area contributed by atoms with E-state index in [4.69, 9.17) is 0 Å². The summed E-state index contributed by atoms with van der Waals surface area (Å²) >= 11 is 0. The maximum Gasteiger partial charge on any atom is 0.416 e. The van der Waals surface area contributed by atoms with Crippen LogP contribution in [0.4, 0.5) is 18.9 Å². The molecule has 0 aliphatic carbocycles. The first kappa shape index (κ1) is 15.7. The molecule has 0 radical (unpaired) electrons. The van der Waals surface area contributed by atoms with Crippen LogP contribution >= 0.6 is 0 Å². The average molecular weight is 333 g/mol. The molecule has 1 amide bonds. The van der Waals surface area contributed by atoms with Gasteiger partial charge in [0.1, 0.15) is 6.33 Å². The molecule has 1 N–H and O–H groups in total. The monoisotopic (exact) mass is 333 g/mol. The number of carbonyl (C=O) groups is 1. The van der Waals surface area contributed by atoms with Crippen LogP contribution in [0, 0.1) is 0 Å². The van der Waals surface area contributed by atoms with E-state index in [1.54, 1.807) is 17.0 Å². The first-order valence-corrected chi connectivity index (χ1v) is 6.72. The molecule has 0 atom stereocenters. The van der Waals surface area contributed by atoms with Gasteiger partial charge in [0.15, 0.2) is 0 Å². The fourth-order valence-corrected chi connectivity index (χ4v) is 1.91. The van der Waals surface area contributed by atoms with E-state index in [0.29, 0.717) is 11.6 Å². The number of nitrogens with zero attached hydrogens (tertiary/aromatic N) is 4. The van der Waals surface area contributed by atoms with Gasteiger partial charge >= 0.3 is 6.18 Å². The Labute approximate surface area is 134 Å². The van der Waals surface area contributed by atoms with Crippen LogP contribution in [-0.4, -0.2) is 25.4 Å². The van der Waals surface area contributed by atoms with Crippen LogP contribution < -0.4 is 5.32 Å².